The van der Waals surface area contributed by atoms with E-state index in [4.69, 9.17) is 20.9 Å². The van der Waals surface area contributed by atoms with E-state index in [1.165, 1.54) is 7.11 Å². The summed E-state index contributed by atoms with van der Waals surface area (Å²) in [6.45, 7) is 1.60. The highest BCUT2D eigenvalue weighted by Gasteiger charge is 2.37. The molecule has 2 aromatic heterocycles. The lowest BCUT2D eigenvalue weighted by Crippen LogP contribution is -2.07. The molecule has 2 heterocycles. The van der Waals surface area contributed by atoms with E-state index in [1.54, 1.807) is 25.1 Å². The molecule has 3 rings (SSSR count). The van der Waals surface area contributed by atoms with Crippen LogP contribution in [0.1, 0.15) is 11.3 Å². The third-order valence-corrected chi connectivity index (χ3v) is 3.92. The van der Waals surface area contributed by atoms with Crippen molar-refractivity contribution < 1.29 is 22.4 Å². The van der Waals surface area contributed by atoms with E-state index in [2.05, 4.69) is 10.3 Å². The van der Waals surface area contributed by atoms with Crippen LogP contribution in [0.3, 0.4) is 0 Å². The number of aromatic amines is 1. The summed E-state index contributed by atoms with van der Waals surface area (Å²) in [5.74, 6) is 0.405. The SMILES string of the molecule is COc1cccc(-c2noc(-c3cn[nH]c3C(F)(F)F)c2C)c1Cl. The van der Waals surface area contributed by atoms with Gasteiger partial charge in [0.05, 0.1) is 23.9 Å². The summed E-state index contributed by atoms with van der Waals surface area (Å²) >= 11 is 6.25. The van der Waals surface area contributed by atoms with E-state index in [-0.39, 0.29) is 11.3 Å². The third kappa shape index (κ3) is 2.62. The highest BCUT2D eigenvalue weighted by Crippen LogP contribution is 2.41. The number of alkyl halides is 3. The summed E-state index contributed by atoms with van der Waals surface area (Å²) in [4.78, 5) is 0. The van der Waals surface area contributed by atoms with Crippen molar-refractivity contribution in [2.24, 2.45) is 0 Å². The maximum absolute atomic E-state index is 13.0. The number of halogens is 4. The summed E-state index contributed by atoms with van der Waals surface area (Å²) in [7, 11) is 1.47. The summed E-state index contributed by atoms with van der Waals surface area (Å²) in [6.07, 6.45) is -3.54. The number of rotatable bonds is 3. The second-order valence-corrected chi connectivity index (χ2v) is 5.34. The van der Waals surface area contributed by atoms with Gasteiger partial charge in [-0.25, -0.2) is 0 Å². The Hall–Kier alpha value is -2.48. The number of benzene rings is 1. The highest BCUT2D eigenvalue weighted by molar-refractivity contribution is 6.34. The van der Waals surface area contributed by atoms with Gasteiger partial charge >= 0.3 is 6.18 Å². The van der Waals surface area contributed by atoms with Crippen LogP contribution in [0.4, 0.5) is 13.2 Å². The highest BCUT2D eigenvalue weighted by atomic mass is 35.5. The van der Waals surface area contributed by atoms with Crippen molar-refractivity contribution in [2.45, 2.75) is 13.1 Å². The van der Waals surface area contributed by atoms with Crippen LogP contribution in [0.5, 0.6) is 5.75 Å². The van der Waals surface area contributed by atoms with Gasteiger partial charge in [-0.1, -0.05) is 28.9 Å². The smallest absolute Gasteiger partial charge is 0.433 e. The fraction of sp³-hybridized carbons (Fsp3) is 0.200. The quantitative estimate of drug-likeness (QED) is 0.736. The van der Waals surface area contributed by atoms with Gasteiger partial charge in [-0.2, -0.15) is 18.3 Å². The van der Waals surface area contributed by atoms with Crippen molar-refractivity contribution in [1.29, 1.82) is 0 Å². The predicted octanol–water partition coefficient (Wildman–Crippen LogP) is 4.72. The fourth-order valence-electron chi connectivity index (χ4n) is 2.36. The topological polar surface area (TPSA) is 63.9 Å². The molecule has 1 N–H and O–H groups in total. The van der Waals surface area contributed by atoms with Gasteiger partial charge in [-0.3, -0.25) is 5.10 Å². The van der Waals surface area contributed by atoms with Gasteiger partial charge in [-0.15, -0.1) is 0 Å². The van der Waals surface area contributed by atoms with E-state index in [9.17, 15) is 13.2 Å². The van der Waals surface area contributed by atoms with E-state index >= 15 is 0 Å². The van der Waals surface area contributed by atoms with Crippen LogP contribution in [0.15, 0.2) is 28.9 Å². The average molecular weight is 358 g/mol. The van der Waals surface area contributed by atoms with Gasteiger partial charge in [0.25, 0.3) is 0 Å². The lowest BCUT2D eigenvalue weighted by Gasteiger charge is -2.07. The van der Waals surface area contributed by atoms with Crippen LogP contribution in [-0.4, -0.2) is 22.5 Å². The van der Waals surface area contributed by atoms with Gasteiger partial charge in [0, 0.05) is 11.1 Å². The van der Waals surface area contributed by atoms with E-state index in [0.29, 0.717) is 27.6 Å². The van der Waals surface area contributed by atoms with Crippen molar-refractivity contribution in [3.8, 4) is 28.3 Å². The fourth-order valence-corrected chi connectivity index (χ4v) is 2.66. The standard InChI is InChI=1S/C15H11ClF3N3O2/c1-7-12(8-4-3-5-10(23-2)11(8)16)22-24-13(7)9-6-20-21-14(9)15(17,18)19/h3-6H,1-2H3,(H,20,21). The summed E-state index contributed by atoms with van der Waals surface area (Å²) in [5, 5.41) is 9.57. The molecule has 5 nitrogen and oxygen atoms in total. The minimum atomic E-state index is -4.58. The molecule has 0 aliphatic heterocycles. The number of aromatic nitrogens is 3. The van der Waals surface area contributed by atoms with Crippen LogP contribution < -0.4 is 4.74 Å². The molecule has 0 aliphatic rings. The first-order chi connectivity index (χ1) is 11.3. The Morgan fingerprint density at radius 3 is 2.67 bits per heavy atom. The average Bonchev–Trinajstić information content (AvgIpc) is 3.14. The molecule has 3 aromatic rings. The van der Waals surface area contributed by atoms with Crippen LogP contribution in [0.25, 0.3) is 22.6 Å². The maximum atomic E-state index is 13.0. The number of hydrogen-bond donors (Lipinski definition) is 1. The molecule has 0 unspecified atom stereocenters. The van der Waals surface area contributed by atoms with Crippen molar-refractivity contribution in [3.63, 3.8) is 0 Å². The van der Waals surface area contributed by atoms with Crippen molar-refractivity contribution >= 4 is 11.6 Å². The Kier molecular flexibility index (Phi) is 4.00. The Labute approximate surface area is 139 Å². The number of hydrogen-bond acceptors (Lipinski definition) is 4. The minimum Gasteiger partial charge on any atom is -0.495 e. The first-order valence-corrected chi connectivity index (χ1v) is 7.12. The van der Waals surface area contributed by atoms with E-state index < -0.39 is 11.9 Å². The molecule has 0 aliphatic carbocycles. The molecule has 9 heteroatoms. The largest absolute Gasteiger partial charge is 0.495 e. The van der Waals surface area contributed by atoms with Crippen LogP contribution in [0, 0.1) is 6.92 Å². The lowest BCUT2D eigenvalue weighted by atomic mass is 10.0. The van der Waals surface area contributed by atoms with Crippen LogP contribution in [-0.2, 0) is 6.18 Å². The summed E-state index contributed by atoms with van der Waals surface area (Å²) < 4.78 is 49.3. The first kappa shape index (κ1) is 16.4. The second-order valence-electron chi connectivity index (χ2n) is 4.96. The molecule has 0 fully saturated rings. The van der Waals surface area contributed by atoms with Gasteiger partial charge in [-0.05, 0) is 13.0 Å². The second kappa shape index (κ2) is 5.86. The number of H-pyrrole nitrogens is 1. The number of methoxy groups -OCH3 is 1. The molecule has 24 heavy (non-hydrogen) atoms. The lowest BCUT2D eigenvalue weighted by molar-refractivity contribution is -0.140. The van der Waals surface area contributed by atoms with Crippen molar-refractivity contribution in [2.75, 3.05) is 7.11 Å². The molecule has 0 saturated heterocycles. The molecule has 0 spiro atoms. The zero-order chi connectivity index (χ0) is 17.5. The molecule has 0 saturated carbocycles. The Morgan fingerprint density at radius 2 is 2.00 bits per heavy atom. The van der Waals surface area contributed by atoms with E-state index in [0.717, 1.165) is 6.20 Å². The minimum absolute atomic E-state index is 0.0232. The molecule has 0 atom stereocenters. The predicted molar refractivity (Wildman–Crippen MR) is 80.8 cm³/mol. The molecule has 1 aromatic carbocycles. The normalized spacial score (nSPS) is 11.8. The van der Waals surface area contributed by atoms with Gasteiger partial charge < -0.3 is 9.26 Å². The van der Waals surface area contributed by atoms with Gasteiger partial charge in [0.15, 0.2) is 11.5 Å². The maximum Gasteiger partial charge on any atom is 0.433 e. The Balaban J connectivity index is 2.13. The van der Waals surface area contributed by atoms with Crippen molar-refractivity contribution in [1.82, 2.24) is 15.4 Å². The van der Waals surface area contributed by atoms with Crippen molar-refractivity contribution in [3.05, 3.63) is 40.7 Å². The molecular weight excluding hydrogens is 347 g/mol. The van der Waals surface area contributed by atoms with E-state index in [1.807, 2.05) is 5.10 Å². The molecular formula is C15H11ClF3N3O2. The molecule has 0 radical (unpaired) electrons. The third-order valence-electron chi connectivity index (χ3n) is 3.53. The van der Waals surface area contributed by atoms with Crippen LogP contribution >= 0.6 is 11.6 Å². The summed E-state index contributed by atoms with van der Waals surface area (Å²) in [5.41, 5.74) is 0.0451. The zero-order valence-corrected chi connectivity index (χ0v) is 13.3. The first-order valence-electron chi connectivity index (χ1n) is 6.74. The number of nitrogens with one attached hydrogen (secondary N) is 1. The molecule has 126 valence electrons. The van der Waals surface area contributed by atoms with Gasteiger partial charge in [0.1, 0.15) is 11.4 Å². The monoisotopic (exact) mass is 357 g/mol. The Bertz CT molecular complexity index is 886. The summed E-state index contributed by atoms with van der Waals surface area (Å²) in [6, 6.07) is 5.05. The number of ether oxygens (including phenoxy) is 1. The van der Waals surface area contributed by atoms with Crippen LogP contribution in [0.2, 0.25) is 5.02 Å². The molecule has 0 amide bonds. The molecule has 0 bridgehead atoms. The zero-order valence-electron chi connectivity index (χ0n) is 12.5. The van der Waals surface area contributed by atoms with Gasteiger partial charge in [0.2, 0.25) is 0 Å². The number of nitrogens with zero attached hydrogens (tertiary/aromatic N) is 2. The Morgan fingerprint density at radius 1 is 1.25 bits per heavy atom.